The van der Waals surface area contributed by atoms with Crippen LogP contribution in [0.4, 0.5) is 0 Å². The first kappa shape index (κ1) is 14.7. The second-order valence-electron chi connectivity index (χ2n) is 7.35. The van der Waals surface area contributed by atoms with Gasteiger partial charge in [0.15, 0.2) is 0 Å². The van der Waals surface area contributed by atoms with Crippen molar-refractivity contribution in [1.82, 2.24) is 5.32 Å². The minimum atomic E-state index is 0.510. The summed E-state index contributed by atoms with van der Waals surface area (Å²) in [7, 11) is 0. The molecule has 3 atom stereocenters. The topological polar surface area (TPSA) is 12.0 Å². The number of thioether (sulfide) groups is 1. The molecule has 1 saturated carbocycles. The van der Waals surface area contributed by atoms with E-state index >= 15 is 0 Å². The summed E-state index contributed by atoms with van der Waals surface area (Å²) >= 11 is 2.14. The van der Waals surface area contributed by atoms with Crippen LogP contribution in [-0.4, -0.2) is 23.6 Å². The molecule has 2 aliphatic rings. The van der Waals surface area contributed by atoms with Crippen LogP contribution in [0.3, 0.4) is 0 Å². The van der Waals surface area contributed by atoms with Crippen molar-refractivity contribution in [2.45, 2.75) is 77.8 Å². The lowest BCUT2D eigenvalue weighted by atomic mass is 9.76. The van der Waals surface area contributed by atoms with Crippen LogP contribution in [-0.2, 0) is 0 Å². The lowest BCUT2D eigenvalue weighted by Crippen LogP contribution is -2.41. The van der Waals surface area contributed by atoms with Crippen molar-refractivity contribution < 1.29 is 0 Å². The van der Waals surface area contributed by atoms with Crippen LogP contribution in [0.25, 0.3) is 0 Å². The summed E-state index contributed by atoms with van der Waals surface area (Å²) in [4.78, 5) is 0. The van der Waals surface area contributed by atoms with E-state index in [0.29, 0.717) is 5.41 Å². The van der Waals surface area contributed by atoms with Gasteiger partial charge < -0.3 is 5.32 Å². The van der Waals surface area contributed by atoms with Gasteiger partial charge in [-0.25, -0.2) is 0 Å². The Morgan fingerprint density at radius 1 is 0.889 bits per heavy atom. The van der Waals surface area contributed by atoms with E-state index in [0.717, 1.165) is 18.0 Å². The molecule has 18 heavy (non-hydrogen) atoms. The number of hydrogen-bond acceptors (Lipinski definition) is 2. The fourth-order valence-corrected chi connectivity index (χ4v) is 4.62. The van der Waals surface area contributed by atoms with Crippen molar-refractivity contribution in [3.63, 3.8) is 0 Å². The first-order chi connectivity index (χ1) is 8.55. The molecule has 106 valence electrons. The molecule has 1 heterocycles. The molecular formula is C16H31NS. The zero-order valence-corrected chi connectivity index (χ0v) is 13.3. The van der Waals surface area contributed by atoms with Crippen LogP contribution in [0, 0.1) is 11.3 Å². The summed E-state index contributed by atoms with van der Waals surface area (Å²) in [6.45, 7) is 7.26. The highest BCUT2D eigenvalue weighted by molar-refractivity contribution is 7.99. The Morgan fingerprint density at radius 2 is 1.67 bits per heavy atom. The van der Waals surface area contributed by atoms with Gasteiger partial charge in [-0.2, -0.15) is 11.8 Å². The Kier molecular flexibility index (Phi) is 5.44. The summed E-state index contributed by atoms with van der Waals surface area (Å²) in [6.07, 6.45) is 9.95. The average molecular weight is 269 g/mol. The largest absolute Gasteiger partial charge is 0.310 e. The molecule has 0 aromatic carbocycles. The second kappa shape index (κ2) is 6.65. The lowest BCUT2D eigenvalue weighted by Gasteiger charge is -2.30. The normalized spacial score (nSPS) is 35.2. The van der Waals surface area contributed by atoms with Crippen molar-refractivity contribution in [3.8, 4) is 0 Å². The van der Waals surface area contributed by atoms with Crippen LogP contribution < -0.4 is 5.32 Å². The number of nitrogens with one attached hydrogen (secondary N) is 1. The highest BCUT2D eigenvalue weighted by atomic mass is 32.2. The molecule has 0 spiro atoms. The first-order valence-electron chi connectivity index (χ1n) is 7.89. The molecule has 1 N–H and O–H groups in total. The van der Waals surface area contributed by atoms with Gasteiger partial charge in [0.25, 0.3) is 0 Å². The molecule has 1 nitrogen and oxygen atoms in total. The van der Waals surface area contributed by atoms with Crippen molar-refractivity contribution in [1.29, 1.82) is 0 Å². The summed E-state index contributed by atoms with van der Waals surface area (Å²) in [5.74, 6) is 3.67. The molecule has 2 heteroatoms. The van der Waals surface area contributed by atoms with Gasteiger partial charge in [-0.05, 0) is 55.6 Å². The zero-order chi connectivity index (χ0) is 13.0. The van der Waals surface area contributed by atoms with Crippen LogP contribution in [0.5, 0.6) is 0 Å². The van der Waals surface area contributed by atoms with E-state index < -0.39 is 0 Å². The van der Waals surface area contributed by atoms with Crippen LogP contribution >= 0.6 is 11.8 Å². The molecular weight excluding hydrogens is 238 g/mol. The van der Waals surface area contributed by atoms with Crippen molar-refractivity contribution in [2.24, 2.45) is 11.3 Å². The molecule has 1 aliphatic carbocycles. The van der Waals surface area contributed by atoms with Crippen LogP contribution in [0.15, 0.2) is 0 Å². The standard InChI is InChI=1S/C16H31NS/c1-16(2,3)13-6-4-7-14(10-9-13)17-15-8-5-11-18-12-15/h13-15,17H,4-12H2,1-3H3. The highest BCUT2D eigenvalue weighted by Gasteiger charge is 2.28. The Balaban J connectivity index is 1.78. The van der Waals surface area contributed by atoms with E-state index in [1.54, 1.807) is 0 Å². The monoisotopic (exact) mass is 269 g/mol. The highest BCUT2D eigenvalue weighted by Crippen LogP contribution is 2.37. The molecule has 1 aliphatic heterocycles. The minimum Gasteiger partial charge on any atom is -0.310 e. The molecule has 2 rings (SSSR count). The van der Waals surface area contributed by atoms with E-state index in [4.69, 9.17) is 0 Å². The van der Waals surface area contributed by atoms with Crippen molar-refractivity contribution in [2.75, 3.05) is 11.5 Å². The van der Waals surface area contributed by atoms with E-state index in [-0.39, 0.29) is 0 Å². The Morgan fingerprint density at radius 3 is 2.33 bits per heavy atom. The van der Waals surface area contributed by atoms with E-state index in [9.17, 15) is 0 Å². The Hall–Kier alpha value is 0.310. The molecule has 0 aromatic heterocycles. The quantitative estimate of drug-likeness (QED) is 0.743. The van der Waals surface area contributed by atoms with Gasteiger partial charge in [0.05, 0.1) is 0 Å². The van der Waals surface area contributed by atoms with Gasteiger partial charge in [-0.15, -0.1) is 0 Å². The zero-order valence-electron chi connectivity index (χ0n) is 12.5. The number of hydrogen-bond donors (Lipinski definition) is 1. The molecule has 3 unspecified atom stereocenters. The van der Waals surface area contributed by atoms with Gasteiger partial charge in [-0.1, -0.05) is 27.2 Å². The average Bonchev–Trinajstić information content (AvgIpc) is 2.55. The van der Waals surface area contributed by atoms with Gasteiger partial charge in [0, 0.05) is 17.8 Å². The third kappa shape index (κ3) is 4.45. The van der Waals surface area contributed by atoms with Crippen LogP contribution in [0.1, 0.15) is 65.7 Å². The molecule has 0 amide bonds. The smallest absolute Gasteiger partial charge is 0.0161 e. The first-order valence-corrected chi connectivity index (χ1v) is 9.05. The summed E-state index contributed by atoms with van der Waals surface area (Å²) in [6, 6.07) is 1.61. The second-order valence-corrected chi connectivity index (χ2v) is 8.50. The molecule has 0 aromatic rings. The fourth-order valence-electron chi connectivity index (χ4n) is 3.54. The lowest BCUT2D eigenvalue weighted by molar-refractivity contribution is 0.213. The summed E-state index contributed by atoms with van der Waals surface area (Å²) in [5.41, 5.74) is 0.510. The fraction of sp³-hybridized carbons (Fsp3) is 1.00. The summed E-state index contributed by atoms with van der Waals surface area (Å²) in [5, 5.41) is 3.95. The maximum atomic E-state index is 3.95. The Bertz CT molecular complexity index is 240. The third-order valence-corrected chi connectivity index (χ3v) is 6.04. The van der Waals surface area contributed by atoms with Crippen molar-refractivity contribution in [3.05, 3.63) is 0 Å². The van der Waals surface area contributed by atoms with Gasteiger partial charge in [0.2, 0.25) is 0 Å². The van der Waals surface area contributed by atoms with E-state index in [2.05, 4.69) is 37.8 Å². The molecule has 0 radical (unpaired) electrons. The maximum absolute atomic E-state index is 3.95. The molecule has 1 saturated heterocycles. The van der Waals surface area contributed by atoms with Gasteiger partial charge >= 0.3 is 0 Å². The third-order valence-electron chi connectivity index (χ3n) is 4.83. The number of rotatable bonds is 2. The predicted molar refractivity (Wildman–Crippen MR) is 83.3 cm³/mol. The predicted octanol–water partition coefficient (Wildman–Crippen LogP) is 4.47. The van der Waals surface area contributed by atoms with Crippen LogP contribution in [0.2, 0.25) is 0 Å². The minimum absolute atomic E-state index is 0.510. The molecule has 2 fully saturated rings. The SMILES string of the molecule is CC(C)(C)C1CCCC(NC2CCCSC2)CC1. The molecule has 0 bridgehead atoms. The van der Waals surface area contributed by atoms with E-state index in [1.807, 2.05) is 0 Å². The Labute approximate surface area is 118 Å². The van der Waals surface area contributed by atoms with Gasteiger partial charge in [-0.3, -0.25) is 0 Å². The maximum Gasteiger partial charge on any atom is 0.0161 e. The summed E-state index contributed by atoms with van der Waals surface area (Å²) < 4.78 is 0. The van der Waals surface area contributed by atoms with Crippen molar-refractivity contribution >= 4 is 11.8 Å². The van der Waals surface area contributed by atoms with Gasteiger partial charge in [0.1, 0.15) is 0 Å². The van der Waals surface area contributed by atoms with E-state index in [1.165, 1.54) is 56.5 Å².